The molecule has 15 heavy (non-hydrogen) atoms. The van der Waals surface area contributed by atoms with Gasteiger partial charge in [-0.05, 0) is 27.7 Å². The molecule has 0 spiro atoms. The fourth-order valence-electron chi connectivity index (χ4n) is 1.55. The minimum Gasteiger partial charge on any atom is -0.382 e. The normalized spacial score (nSPS) is 11.1. The van der Waals surface area contributed by atoms with Gasteiger partial charge in [-0.15, -0.1) is 0 Å². The van der Waals surface area contributed by atoms with Crippen LogP contribution in [0.1, 0.15) is 27.7 Å². The van der Waals surface area contributed by atoms with Crippen LogP contribution in [0.25, 0.3) is 0 Å². The molecule has 0 aliphatic rings. The second-order valence-electron chi connectivity index (χ2n) is 4.03. The number of hydrogen-bond donors (Lipinski definition) is 0. The van der Waals surface area contributed by atoms with Crippen molar-refractivity contribution in [3.05, 3.63) is 0 Å². The van der Waals surface area contributed by atoms with E-state index in [0.717, 1.165) is 0 Å². The van der Waals surface area contributed by atoms with Crippen molar-refractivity contribution >= 4 is 5.91 Å². The fourth-order valence-corrected chi connectivity index (χ4v) is 1.55. The lowest BCUT2D eigenvalue weighted by Gasteiger charge is -2.30. The molecule has 0 rings (SSSR count). The van der Waals surface area contributed by atoms with Crippen molar-refractivity contribution in [3.8, 4) is 0 Å². The van der Waals surface area contributed by atoms with E-state index >= 15 is 0 Å². The number of hydrogen-bond acceptors (Lipinski definition) is 3. The summed E-state index contributed by atoms with van der Waals surface area (Å²) >= 11 is 0. The van der Waals surface area contributed by atoms with E-state index in [4.69, 9.17) is 9.47 Å². The van der Waals surface area contributed by atoms with Gasteiger partial charge in [0.2, 0.25) is 5.91 Å². The van der Waals surface area contributed by atoms with E-state index < -0.39 is 0 Å². The van der Waals surface area contributed by atoms with Crippen molar-refractivity contribution in [3.63, 3.8) is 0 Å². The predicted molar refractivity (Wildman–Crippen MR) is 59.8 cm³/mol. The standard InChI is InChI=1S/C11H23NO3/c1-9(2)12(10(3)4)11(13)8-15-7-6-14-5/h9-10H,6-8H2,1-5H3. The van der Waals surface area contributed by atoms with E-state index in [1.54, 1.807) is 7.11 Å². The molecule has 0 atom stereocenters. The van der Waals surface area contributed by atoms with Gasteiger partial charge in [0.15, 0.2) is 0 Å². The first-order valence-electron chi connectivity index (χ1n) is 5.38. The van der Waals surface area contributed by atoms with Gasteiger partial charge < -0.3 is 14.4 Å². The van der Waals surface area contributed by atoms with Crippen LogP contribution in [0.4, 0.5) is 0 Å². The van der Waals surface area contributed by atoms with Crippen LogP contribution < -0.4 is 0 Å². The fraction of sp³-hybridized carbons (Fsp3) is 0.909. The van der Waals surface area contributed by atoms with Crippen LogP contribution in [0.5, 0.6) is 0 Å². The zero-order valence-corrected chi connectivity index (χ0v) is 10.4. The predicted octanol–water partition coefficient (Wildman–Crippen LogP) is 1.29. The molecule has 0 aromatic heterocycles. The molecule has 0 saturated heterocycles. The van der Waals surface area contributed by atoms with Crippen LogP contribution in [-0.4, -0.2) is 49.8 Å². The largest absolute Gasteiger partial charge is 0.382 e. The van der Waals surface area contributed by atoms with E-state index in [-0.39, 0.29) is 24.6 Å². The molecule has 0 aliphatic heterocycles. The van der Waals surface area contributed by atoms with Gasteiger partial charge in [-0.1, -0.05) is 0 Å². The topological polar surface area (TPSA) is 38.8 Å². The maximum absolute atomic E-state index is 11.7. The summed E-state index contributed by atoms with van der Waals surface area (Å²) < 4.78 is 10.0. The summed E-state index contributed by atoms with van der Waals surface area (Å²) in [5, 5.41) is 0. The van der Waals surface area contributed by atoms with Crippen LogP contribution in [0.2, 0.25) is 0 Å². The summed E-state index contributed by atoms with van der Waals surface area (Å²) in [5.41, 5.74) is 0. The highest BCUT2D eigenvalue weighted by Gasteiger charge is 2.19. The Labute approximate surface area is 92.5 Å². The van der Waals surface area contributed by atoms with Gasteiger partial charge in [-0.3, -0.25) is 4.79 Å². The maximum Gasteiger partial charge on any atom is 0.249 e. The van der Waals surface area contributed by atoms with Gasteiger partial charge in [0, 0.05) is 19.2 Å². The molecule has 1 amide bonds. The second-order valence-corrected chi connectivity index (χ2v) is 4.03. The number of amides is 1. The molecule has 0 radical (unpaired) electrons. The Balaban J connectivity index is 3.93. The lowest BCUT2D eigenvalue weighted by molar-refractivity contribution is -0.140. The summed E-state index contributed by atoms with van der Waals surface area (Å²) in [7, 11) is 1.61. The van der Waals surface area contributed by atoms with Gasteiger partial charge in [0.05, 0.1) is 13.2 Å². The van der Waals surface area contributed by atoms with Crippen molar-refractivity contribution < 1.29 is 14.3 Å². The SMILES string of the molecule is COCCOCC(=O)N(C(C)C)C(C)C. The van der Waals surface area contributed by atoms with Crippen LogP contribution >= 0.6 is 0 Å². The van der Waals surface area contributed by atoms with Crippen molar-refractivity contribution in [2.75, 3.05) is 26.9 Å². The molecule has 90 valence electrons. The number of ether oxygens (including phenoxy) is 2. The van der Waals surface area contributed by atoms with E-state index in [1.807, 2.05) is 32.6 Å². The zero-order valence-electron chi connectivity index (χ0n) is 10.4. The number of methoxy groups -OCH3 is 1. The van der Waals surface area contributed by atoms with Crippen molar-refractivity contribution in [1.82, 2.24) is 4.90 Å². The first-order valence-corrected chi connectivity index (χ1v) is 5.38. The Morgan fingerprint density at radius 2 is 1.67 bits per heavy atom. The molecule has 0 bridgehead atoms. The van der Waals surface area contributed by atoms with Gasteiger partial charge in [-0.25, -0.2) is 0 Å². The quantitative estimate of drug-likeness (QED) is 0.603. The monoisotopic (exact) mass is 217 g/mol. The first kappa shape index (κ1) is 14.4. The summed E-state index contributed by atoms with van der Waals surface area (Å²) in [6.45, 7) is 9.16. The third kappa shape index (κ3) is 5.74. The average Bonchev–Trinajstić information content (AvgIpc) is 2.11. The number of carbonyl (C=O) groups is 1. The van der Waals surface area contributed by atoms with Crippen LogP contribution in [0, 0.1) is 0 Å². The Hall–Kier alpha value is -0.610. The number of carbonyl (C=O) groups excluding carboxylic acids is 1. The molecule has 4 nitrogen and oxygen atoms in total. The van der Waals surface area contributed by atoms with Crippen LogP contribution in [0.3, 0.4) is 0 Å². The zero-order chi connectivity index (χ0) is 11.8. The van der Waals surface area contributed by atoms with E-state index in [2.05, 4.69) is 0 Å². The highest BCUT2D eigenvalue weighted by Crippen LogP contribution is 2.05. The Morgan fingerprint density at radius 1 is 1.13 bits per heavy atom. The van der Waals surface area contributed by atoms with Crippen molar-refractivity contribution in [1.29, 1.82) is 0 Å². The van der Waals surface area contributed by atoms with Crippen LogP contribution in [-0.2, 0) is 14.3 Å². The molecule has 0 aromatic carbocycles. The van der Waals surface area contributed by atoms with E-state index in [9.17, 15) is 4.79 Å². The number of rotatable bonds is 7. The highest BCUT2D eigenvalue weighted by molar-refractivity contribution is 5.78. The third-order valence-electron chi connectivity index (χ3n) is 2.06. The molecule has 0 heterocycles. The van der Waals surface area contributed by atoms with Crippen molar-refractivity contribution in [2.45, 2.75) is 39.8 Å². The van der Waals surface area contributed by atoms with E-state index in [1.165, 1.54) is 0 Å². The van der Waals surface area contributed by atoms with Crippen molar-refractivity contribution in [2.24, 2.45) is 0 Å². The molecular weight excluding hydrogens is 194 g/mol. The summed E-state index contributed by atoms with van der Waals surface area (Å²) in [4.78, 5) is 13.6. The average molecular weight is 217 g/mol. The lowest BCUT2D eigenvalue weighted by Crippen LogP contribution is -2.44. The molecular formula is C11H23NO3. The lowest BCUT2D eigenvalue weighted by atomic mass is 10.2. The Kier molecular flexibility index (Phi) is 7.34. The first-order chi connectivity index (χ1) is 7.00. The molecule has 4 heteroatoms. The summed E-state index contributed by atoms with van der Waals surface area (Å²) in [6.07, 6.45) is 0. The molecule has 0 fully saturated rings. The third-order valence-corrected chi connectivity index (χ3v) is 2.06. The minimum absolute atomic E-state index is 0.0381. The van der Waals surface area contributed by atoms with Crippen LogP contribution in [0.15, 0.2) is 0 Å². The molecule has 0 unspecified atom stereocenters. The van der Waals surface area contributed by atoms with Gasteiger partial charge in [0.1, 0.15) is 6.61 Å². The van der Waals surface area contributed by atoms with Gasteiger partial charge in [-0.2, -0.15) is 0 Å². The minimum atomic E-state index is 0.0381. The van der Waals surface area contributed by atoms with E-state index in [0.29, 0.717) is 13.2 Å². The second kappa shape index (κ2) is 7.65. The Morgan fingerprint density at radius 3 is 2.07 bits per heavy atom. The summed E-state index contributed by atoms with van der Waals surface area (Å²) in [6, 6.07) is 0.423. The molecule has 0 N–H and O–H groups in total. The number of nitrogens with zero attached hydrogens (tertiary/aromatic N) is 1. The summed E-state index contributed by atoms with van der Waals surface area (Å²) in [5.74, 6) is 0.0381. The Bertz CT molecular complexity index is 173. The molecule has 0 aliphatic carbocycles. The smallest absolute Gasteiger partial charge is 0.249 e. The van der Waals surface area contributed by atoms with Gasteiger partial charge in [0.25, 0.3) is 0 Å². The van der Waals surface area contributed by atoms with Gasteiger partial charge >= 0.3 is 0 Å². The molecule has 0 aromatic rings. The highest BCUT2D eigenvalue weighted by atomic mass is 16.5. The maximum atomic E-state index is 11.7. The molecule has 0 saturated carbocycles.